The minimum absolute atomic E-state index is 0.0253. The Morgan fingerprint density at radius 3 is 2.38 bits per heavy atom. The Kier molecular flexibility index (Phi) is 6.59. The zero-order valence-electron chi connectivity index (χ0n) is 10.2. The van der Waals surface area contributed by atoms with Crippen LogP contribution in [0.3, 0.4) is 0 Å². The third-order valence-corrected chi connectivity index (χ3v) is 4.42. The van der Waals surface area contributed by atoms with E-state index < -0.39 is 15.9 Å². The molecular weight excluding hydrogens is 228 g/mol. The molecule has 0 spiro atoms. The lowest BCUT2D eigenvalue weighted by Crippen LogP contribution is -2.45. The summed E-state index contributed by atoms with van der Waals surface area (Å²) < 4.78 is 22.3. The lowest BCUT2D eigenvalue weighted by molar-refractivity contribution is -0.123. The van der Waals surface area contributed by atoms with Gasteiger partial charge in [-0.25, -0.2) is 8.42 Å². The lowest BCUT2D eigenvalue weighted by Gasteiger charge is -2.17. The number of carbonyl (C=O) groups is 1. The zero-order valence-corrected chi connectivity index (χ0v) is 11.0. The zero-order chi connectivity index (χ0) is 12.8. The van der Waals surface area contributed by atoms with E-state index in [1.54, 1.807) is 6.92 Å². The number of carbonyl (C=O) groups excluding carboxylic acids is 1. The SMILES string of the molecule is CC[C@H](C)[C@H](N)C(=O)NCCS(=O)(=O)CC. The average molecular weight is 250 g/mol. The van der Waals surface area contributed by atoms with Gasteiger partial charge in [0.05, 0.1) is 11.8 Å². The van der Waals surface area contributed by atoms with Crippen LogP contribution in [0.2, 0.25) is 0 Å². The normalized spacial score (nSPS) is 15.5. The van der Waals surface area contributed by atoms with Crippen molar-refractivity contribution in [3.05, 3.63) is 0 Å². The molecule has 0 fully saturated rings. The molecule has 0 aliphatic rings. The highest BCUT2D eigenvalue weighted by Gasteiger charge is 2.19. The molecule has 2 atom stereocenters. The third kappa shape index (κ3) is 5.46. The van der Waals surface area contributed by atoms with Crippen molar-refractivity contribution in [1.29, 1.82) is 0 Å². The summed E-state index contributed by atoms with van der Waals surface area (Å²) in [6.07, 6.45) is 0.821. The molecule has 0 saturated heterocycles. The second-order valence-corrected chi connectivity index (χ2v) is 6.41. The predicted molar refractivity (Wildman–Crippen MR) is 64.8 cm³/mol. The Labute approximate surface area is 97.7 Å². The highest BCUT2D eigenvalue weighted by Crippen LogP contribution is 2.04. The van der Waals surface area contributed by atoms with Crippen molar-refractivity contribution in [2.24, 2.45) is 11.7 Å². The fourth-order valence-corrected chi connectivity index (χ4v) is 1.81. The van der Waals surface area contributed by atoms with E-state index in [0.717, 1.165) is 6.42 Å². The summed E-state index contributed by atoms with van der Waals surface area (Å²) in [4.78, 5) is 11.5. The van der Waals surface area contributed by atoms with Crippen molar-refractivity contribution in [2.45, 2.75) is 33.2 Å². The molecule has 1 amide bonds. The first-order valence-electron chi connectivity index (χ1n) is 5.57. The monoisotopic (exact) mass is 250 g/mol. The summed E-state index contributed by atoms with van der Waals surface area (Å²) in [7, 11) is -3.02. The topological polar surface area (TPSA) is 89.3 Å². The molecule has 0 aromatic carbocycles. The van der Waals surface area contributed by atoms with Crippen molar-refractivity contribution in [1.82, 2.24) is 5.32 Å². The molecule has 0 unspecified atom stereocenters. The summed E-state index contributed by atoms with van der Waals surface area (Å²) in [5.74, 6) is -0.105. The molecule has 0 heterocycles. The Balaban J connectivity index is 4.00. The van der Waals surface area contributed by atoms with Crippen LogP contribution in [0.4, 0.5) is 0 Å². The van der Waals surface area contributed by atoms with E-state index in [9.17, 15) is 13.2 Å². The molecule has 3 N–H and O–H groups in total. The summed E-state index contributed by atoms with van der Waals surface area (Å²) >= 11 is 0. The molecule has 6 heteroatoms. The van der Waals surface area contributed by atoms with Gasteiger partial charge in [-0.2, -0.15) is 0 Å². The van der Waals surface area contributed by atoms with Crippen LogP contribution in [-0.4, -0.2) is 38.4 Å². The van der Waals surface area contributed by atoms with Crippen LogP contribution < -0.4 is 11.1 Å². The highest BCUT2D eigenvalue weighted by atomic mass is 32.2. The van der Waals surface area contributed by atoms with Gasteiger partial charge in [0.1, 0.15) is 0 Å². The molecule has 0 aliphatic heterocycles. The molecule has 0 saturated carbocycles. The van der Waals surface area contributed by atoms with Crippen LogP contribution in [0.15, 0.2) is 0 Å². The predicted octanol–water partition coefficient (Wildman–Crippen LogP) is -0.0893. The van der Waals surface area contributed by atoms with Gasteiger partial charge in [-0.1, -0.05) is 27.2 Å². The van der Waals surface area contributed by atoms with Gasteiger partial charge in [0.25, 0.3) is 0 Å². The quantitative estimate of drug-likeness (QED) is 0.661. The summed E-state index contributed by atoms with van der Waals surface area (Å²) in [5, 5.41) is 2.54. The Bertz CT molecular complexity index is 314. The Morgan fingerprint density at radius 1 is 1.38 bits per heavy atom. The number of sulfone groups is 1. The maximum absolute atomic E-state index is 11.5. The fraction of sp³-hybridized carbons (Fsp3) is 0.900. The highest BCUT2D eigenvalue weighted by molar-refractivity contribution is 7.91. The molecule has 0 radical (unpaired) electrons. The van der Waals surface area contributed by atoms with Gasteiger partial charge in [-0.05, 0) is 5.92 Å². The van der Waals surface area contributed by atoms with Crippen molar-refractivity contribution >= 4 is 15.7 Å². The first-order valence-corrected chi connectivity index (χ1v) is 7.39. The second kappa shape index (κ2) is 6.85. The second-order valence-electron chi connectivity index (χ2n) is 3.94. The van der Waals surface area contributed by atoms with E-state index in [1.165, 1.54) is 0 Å². The number of rotatable bonds is 7. The molecule has 16 heavy (non-hydrogen) atoms. The maximum atomic E-state index is 11.5. The van der Waals surface area contributed by atoms with Gasteiger partial charge < -0.3 is 11.1 Å². The van der Waals surface area contributed by atoms with Gasteiger partial charge in [-0.3, -0.25) is 4.79 Å². The first-order chi connectivity index (χ1) is 7.34. The number of amides is 1. The molecule has 0 aliphatic carbocycles. The average Bonchev–Trinajstić information content (AvgIpc) is 2.26. The van der Waals surface area contributed by atoms with Gasteiger partial charge in [0, 0.05) is 12.3 Å². The smallest absolute Gasteiger partial charge is 0.237 e. The van der Waals surface area contributed by atoms with Crippen LogP contribution in [0.25, 0.3) is 0 Å². The Hall–Kier alpha value is -0.620. The van der Waals surface area contributed by atoms with Crippen LogP contribution >= 0.6 is 0 Å². The van der Waals surface area contributed by atoms with Crippen LogP contribution in [0.5, 0.6) is 0 Å². The van der Waals surface area contributed by atoms with Crippen molar-refractivity contribution in [3.63, 3.8) is 0 Å². The van der Waals surface area contributed by atoms with Gasteiger partial charge in [-0.15, -0.1) is 0 Å². The molecule has 0 aromatic heterocycles. The Morgan fingerprint density at radius 2 is 1.94 bits per heavy atom. The van der Waals surface area contributed by atoms with Gasteiger partial charge in [0.2, 0.25) is 5.91 Å². The van der Waals surface area contributed by atoms with E-state index in [2.05, 4.69) is 5.32 Å². The molecule has 0 aromatic rings. The molecular formula is C10H22N2O3S. The molecule has 5 nitrogen and oxygen atoms in total. The van der Waals surface area contributed by atoms with E-state index >= 15 is 0 Å². The number of nitrogens with two attached hydrogens (primary N) is 1. The molecule has 96 valence electrons. The van der Waals surface area contributed by atoms with Crippen molar-refractivity contribution in [2.75, 3.05) is 18.1 Å². The minimum Gasteiger partial charge on any atom is -0.354 e. The van der Waals surface area contributed by atoms with Crippen LogP contribution in [-0.2, 0) is 14.6 Å². The van der Waals surface area contributed by atoms with E-state index in [4.69, 9.17) is 5.73 Å². The number of hydrogen-bond acceptors (Lipinski definition) is 4. The molecule has 0 bridgehead atoms. The maximum Gasteiger partial charge on any atom is 0.237 e. The van der Waals surface area contributed by atoms with Crippen LogP contribution in [0.1, 0.15) is 27.2 Å². The van der Waals surface area contributed by atoms with E-state index in [1.807, 2.05) is 13.8 Å². The number of nitrogens with one attached hydrogen (secondary N) is 1. The van der Waals surface area contributed by atoms with Crippen LogP contribution in [0, 0.1) is 5.92 Å². The summed E-state index contributed by atoms with van der Waals surface area (Å²) in [6, 6.07) is -0.561. The van der Waals surface area contributed by atoms with Gasteiger partial charge in [0.15, 0.2) is 9.84 Å². The standard InChI is InChI=1S/C10H22N2O3S/c1-4-8(3)9(11)10(13)12-6-7-16(14,15)5-2/h8-9H,4-7,11H2,1-3H3,(H,12,13)/t8-,9-/m0/s1. The largest absolute Gasteiger partial charge is 0.354 e. The van der Waals surface area contributed by atoms with Crippen molar-refractivity contribution in [3.8, 4) is 0 Å². The van der Waals surface area contributed by atoms with E-state index in [0.29, 0.717) is 0 Å². The third-order valence-electron chi connectivity index (χ3n) is 2.71. The molecule has 0 rings (SSSR count). The van der Waals surface area contributed by atoms with Gasteiger partial charge >= 0.3 is 0 Å². The van der Waals surface area contributed by atoms with E-state index in [-0.39, 0.29) is 29.9 Å². The number of hydrogen-bond donors (Lipinski definition) is 2. The fourth-order valence-electron chi connectivity index (χ4n) is 1.10. The lowest BCUT2D eigenvalue weighted by atomic mass is 9.99. The van der Waals surface area contributed by atoms with Crippen molar-refractivity contribution < 1.29 is 13.2 Å². The first kappa shape index (κ1) is 15.4. The minimum atomic E-state index is -3.02. The summed E-state index contributed by atoms with van der Waals surface area (Å²) in [5.41, 5.74) is 5.69. The summed E-state index contributed by atoms with van der Waals surface area (Å²) in [6.45, 7) is 5.58.